The van der Waals surface area contributed by atoms with E-state index in [9.17, 15) is 0 Å². The van der Waals surface area contributed by atoms with Crippen LogP contribution in [0.15, 0.2) is 60.7 Å². The Kier molecular flexibility index (Phi) is 6.36. The van der Waals surface area contributed by atoms with Crippen LogP contribution in [0.25, 0.3) is 0 Å². The lowest BCUT2D eigenvalue weighted by Gasteiger charge is -2.48. The van der Waals surface area contributed by atoms with Gasteiger partial charge in [0.2, 0.25) is 0 Å². The number of hydrogen-bond donors (Lipinski definition) is 0. The fourth-order valence-electron chi connectivity index (χ4n) is 3.72. The summed E-state index contributed by atoms with van der Waals surface area (Å²) in [6, 6.07) is 19.9. The Balaban J connectivity index is 1.54. The minimum Gasteiger partial charge on any atom is -0.373 e. The first-order valence-corrected chi connectivity index (χ1v) is 9.48. The molecule has 2 aliphatic rings. The van der Waals surface area contributed by atoms with E-state index in [-0.39, 0.29) is 18.3 Å². The van der Waals surface area contributed by atoms with Crippen LogP contribution < -0.4 is 0 Å². The van der Waals surface area contributed by atoms with Gasteiger partial charge in [0.15, 0.2) is 12.6 Å². The van der Waals surface area contributed by atoms with Gasteiger partial charge in [-0.3, -0.25) is 0 Å². The SMILES string of the molecule is CO[C@H]1O[C@@H]2COC(c3ccccc3)O[C@H]2[C@H](OCc2ccccc2)[C@H]1OC. The molecular weight excluding hydrogens is 360 g/mol. The molecule has 0 radical (unpaired) electrons. The molecule has 0 N–H and O–H groups in total. The van der Waals surface area contributed by atoms with Crippen LogP contribution in [0, 0.1) is 0 Å². The van der Waals surface area contributed by atoms with Crippen LogP contribution in [0.2, 0.25) is 0 Å². The normalized spacial score (nSPS) is 32.6. The summed E-state index contributed by atoms with van der Waals surface area (Å²) in [7, 11) is 3.23. The van der Waals surface area contributed by atoms with E-state index in [0.29, 0.717) is 13.2 Å². The van der Waals surface area contributed by atoms with Gasteiger partial charge >= 0.3 is 0 Å². The average molecular weight is 386 g/mol. The first-order chi connectivity index (χ1) is 13.8. The van der Waals surface area contributed by atoms with E-state index in [0.717, 1.165) is 11.1 Å². The average Bonchev–Trinajstić information content (AvgIpc) is 2.77. The molecule has 1 unspecified atom stereocenters. The summed E-state index contributed by atoms with van der Waals surface area (Å²) >= 11 is 0. The summed E-state index contributed by atoms with van der Waals surface area (Å²) < 4.78 is 35.7. The molecule has 4 rings (SSSR count). The lowest BCUT2D eigenvalue weighted by molar-refractivity contribution is -0.366. The van der Waals surface area contributed by atoms with Crippen molar-refractivity contribution in [2.75, 3.05) is 20.8 Å². The number of benzene rings is 2. The van der Waals surface area contributed by atoms with Gasteiger partial charge in [0.1, 0.15) is 24.4 Å². The van der Waals surface area contributed by atoms with Gasteiger partial charge in [-0.05, 0) is 5.56 Å². The molecule has 0 aromatic heterocycles. The Hall–Kier alpha value is -1.80. The number of fused-ring (bicyclic) bond motifs is 1. The Bertz CT molecular complexity index is 724. The van der Waals surface area contributed by atoms with E-state index in [4.69, 9.17) is 28.4 Å². The van der Waals surface area contributed by atoms with E-state index < -0.39 is 18.7 Å². The molecule has 0 saturated carbocycles. The maximum atomic E-state index is 6.29. The summed E-state index contributed by atoms with van der Waals surface area (Å²) in [6.45, 7) is 0.844. The molecule has 0 amide bonds. The van der Waals surface area contributed by atoms with Crippen LogP contribution in [-0.4, -0.2) is 51.5 Å². The minimum atomic E-state index is -0.549. The van der Waals surface area contributed by atoms with E-state index in [1.165, 1.54) is 0 Å². The van der Waals surface area contributed by atoms with Gasteiger partial charge in [-0.15, -0.1) is 0 Å². The van der Waals surface area contributed by atoms with E-state index in [1.54, 1.807) is 14.2 Å². The highest BCUT2D eigenvalue weighted by Gasteiger charge is 2.51. The molecular formula is C22H26O6. The fraction of sp³-hybridized carbons (Fsp3) is 0.455. The molecule has 2 aromatic rings. The van der Waals surface area contributed by atoms with Crippen LogP contribution in [0.5, 0.6) is 0 Å². The molecule has 28 heavy (non-hydrogen) atoms. The number of methoxy groups -OCH3 is 2. The molecule has 2 saturated heterocycles. The van der Waals surface area contributed by atoms with Crippen molar-refractivity contribution < 1.29 is 28.4 Å². The van der Waals surface area contributed by atoms with Gasteiger partial charge < -0.3 is 28.4 Å². The molecule has 6 heteroatoms. The van der Waals surface area contributed by atoms with Crippen LogP contribution in [-0.2, 0) is 35.0 Å². The molecule has 0 spiro atoms. The Morgan fingerprint density at radius 2 is 1.57 bits per heavy atom. The summed E-state index contributed by atoms with van der Waals surface area (Å²) in [5.74, 6) is 0. The maximum absolute atomic E-state index is 6.29. The lowest BCUT2D eigenvalue weighted by Crippen LogP contribution is -2.63. The molecule has 2 aromatic carbocycles. The third-order valence-corrected chi connectivity index (χ3v) is 5.15. The van der Waals surface area contributed by atoms with Crippen LogP contribution in [0.4, 0.5) is 0 Å². The smallest absolute Gasteiger partial charge is 0.186 e. The summed E-state index contributed by atoms with van der Waals surface area (Å²) in [4.78, 5) is 0. The second-order valence-corrected chi connectivity index (χ2v) is 6.92. The zero-order chi connectivity index (χ0) is 19.3. The number of rotatable bonds is 6. The zero-order valence-electron chi connectivity index (χ0n) is 16.1. The van der Waals surface area contributed by atoms with Gasteiger partial charge in [-0.25, -0.2) is 0 Å². The van der Waals surface area contributed by atoms with Crippen molar-refractivity contribution in [1.29, 1.82) is 0 Å². The van der Waals surface area contributed by atoms with Gasteiger partial charge in [0, 0.05) is 19.8 Å². The summed E-state index contributed by atoms with van der Waals surface area (Å²) in [5.41, 5.74) is 2.05. The summed E-state index contributed by atoms with van der Waals surface area (Å²) in [6.07, 6.45) is -2.41. The monoisotopic (exact) mass is 386 g/mol. The van der Waals surface area contributed by atoms with Crippen LogP contribution >= 0.6 is 0 Å². The van der Waals surface area contributed by atoms with Crippen LogP contribution in [0.3, 0.4) is 0 Å². The Labute approximate surface area is 165 Å². The predicted molar refractivity (Wildman–Crippen MR) is 101 cm³/mol. The van der Waals surface area contributed by atoms with Gasteiger partial charge in [-0.2, -0.15) is 0 Å². The third-order valence-electron chi connectivity index (χ3n) is 5.15. The molecule has 2 fully saturated rings. The molecule has 0 aliphatic carbocycles. The van der Waals surface area contributed by atoms with E-state index >= 15 is 0 Å². The molecule has 6 nitrogen and oxygen atoms in total. The highest BCUT2D eigenvalue weighted by molar-refractivity contribution is 5.17. The van der Waals surface area contributed by atoms with Crippen molar-refractivity contribution in [3.8, 4) is 0 Å². The third kappa shape index (κ3) is 4.12. The van der Waals surface area contributed by atoms with Crippen molar-refractivity contribution >= 4 is 0 Å². The highest BCUT2D eigenvalue weighted by atomic mass is 16.8. The maximum Gasteiger partial charge on any atom is 0.186 e. The van der Waals surface area contributed by atoms with Crippen molar-refractivity contribution in [2.24, 2.45) is 0 Å². The number of ether oxygens (including phenoxy) is 6. The van der Waals surface area contributed by atoms with Gasteiger partial charge in [0.25, 0.3) is 0 Å². The minimum absolute atomic E-state index is 0.294. The Morgan fingerprint density at radius 3 is 2.25 bits per heavy atom. The molecule has 2 aliphatic heterocycles. The second kappa shape index (κ2) is 9.13. The van der Waals surface area contributed by atoms with Crippen LogP contribution in [0.1, 0.15) is 17.4 Å². The molecule has 6 atom stereocenters. The lowest BCUT2D eigenvalue weighted by atomic mass is 9.97. The standard InChI is InChI=1S/C22H26O6/c1-23-20-19(25-13-15-9-5-3-6-10-15)18-17(27-22(20)24-2)14-26-21(28-18)16-11-7-4-8-12-16/h3-12,17-22H,13-14H2,1-2H3/t17-,18-,19+,20-,21?,22+/m1/s1. The fourth-order valence-corrected chi connectivity index (χ4v) is 3.72. The Morgan fingerprint density at radius 1 is 0.857 bits per heavy atom. The molecule has 150 valence electrons. The van der Waals surface area contributed by atoms with Crippen molar-refractivity contribution in [3.63, 3.8) is 0 Å². The first-order valence-electron chi connectivity index (χ1n) is 9.48. The second-order valence-electron chi connectivity index (χ2n) is 6.92. The number of hydrogen-bond acceptors (Lipinski definition) is 6. The topological polar surface area (TPSA) is 55.4 Å². The zero-order valence-corrected chi connectivity index (χ0v) is 16.1. The largest absolute Gasteiger partial charge is 0.373 e. The molecule has 0 bridgehead atoms. The van der Waals surface area contributed by atoms with Gasteiger partial charge in [0.05, 0.1) is 13.2 Å². The first kappa shape index (κ1) is 19.5. The highest BCUT2D eigenvalue weighted by Crippen LogP contribution is 2.36. The van der Waals surface area contributed by atoms with Crippen molar-refractivity contribution in [2.45, 2.75) is 43.6 Å². The predicted octanol–water partition coefficient (Wildman–Crippen LogP) is 3.07. The summed E-state index contributed by atoms with van der Waals surface area (Å²) in [5, 5.41) is 0. The van der Waals surface area contributed by atoms with Crippen molar-refractivity contribution in [3.05, 3.63) is 71.8 Å². The van der Waals surface area contributed by atoms with E-state index in [2.05, 4.69) is 0 Å². The van der Waals surface area contributed by atoms with E-state index in [1.807, 2.05) is 60.7 Å². The van der Waals surface area contributed by atoms with Crippen molar-refractivity contribution in [1.82, 2.24) is 0 Å². The quantitative estimate of drug-likeness (QED) is 0.761. The van der Waals surface area contributed by atoms with Gasteiger partial charge in [-0.1, -0.05) is 60.7 Å². The molecule has 2 heterocycles.